The highest BCUT2D eigenvalue weighted by molar-refractivity contribution is 7.92. The first-order valence-electron chi connectivity index (χ1n) is 8.20. The Hall–Kier alpha value is -2.94. The van der Waals surface area contributed by atoms with Crippen molar-refractivity contribution in [2.24, 2.45) is 0 Å². The summed E-state index contributed by atoms with van der Waals surface area (Å²) in [5, 5.41) is 5.16. The van der Waals surface area contributed by atoms with Gasteiger partial charge in [0.2, 0.25) is 5.91 Å². The Kier molecular flexibility index (Phi) is 6.51. The highest BCUT2D eigenvalue weighted by Gasteiger charge is 2.17. The van der Waals surface area contributed by atoms with Gasteiger partial charge >= 0.3 is 0 Å². The third-order valence-corrected chi connectivity index (χ3v) is 5.01. The summed E-state index contributed by atoms with van der Waals surface area (Å²) in [7, 11) is -3.87. The molecule has 0 heterocycles. The third-order valence-electron chi connectivity index (χ3n) is 3.62. The van der Waals surface area contributed by atoms with E-state index < -0.39 is 27.8 Å². The fourth-order valence-electron chi connectivity index (χ4n) is 2.19. The lowest BCUT2D eigenvalue weighted by molar-refractivity contribution is -0.122. The van der Waals surface area contributed by atoms with E-state index in [0.717, 1.165) is 24.3 Å². The molecular weight excluding hydrogens is 373 g/mol. The molecule has 9 heteroatoms. The molecule has 1 atom stereocenters. The van der Waals surface area contributed by atoms with E-state index in [1.54, 1.807) is 13.8 Å². The maximum absolute atomic E-state index is 12.9. The van der Waals surface area contributed by atoms with Gasteiger partial charge in [-0.15, -0.1) is 0 Å². The molecule has 0 aliphatic rings. The molecule has 0 bridgehead atoms. The highest BCUT2D eigenvalue weighted by atomic mass is 32.2. The first-order chi connectivity index (χ1) is 12.7. The van der Waals surface area contributed by atoms with Crippen LogP contribution in [-0.4, -0.2) is 32.8 Å². The number of rotatable bonds is 7. The van der Waals surface area contributed by atoms with Crippen molar-refractivity contribution >= 4 is 27.5 Å². The van der Waals surface area contributed by atoms with Gasteiger partial charge in [0.05, 0.1) is 4.90 Å². The van der Waals surface area contributed by atoms with Gasteiger partial charge in [-0.3, -0.25) is 14.3 Å². The van der Waals surface area contributed by atoms with Gasteiger partial charge in [-0.05, 0) is 62.4 Å². The van der Waals surface area contributed by atoms with Crippen LogP contribution in [0, 0.1) is 5.82 Å². The standard InChI is InChI=1S/C18H20FN3O4S/c1-3-20-17(23)12(2)21-18(24)13-4-8-15(9-5-13)22-27(25,26)16-10-6-14(19)7-11-16/h4-12,22H,3H2,1-2H3,(H,20,23)(H,21,24)/t12-/m1/s1. The van der Waals surface area contributed by atoms with Crippen LogP contribution in [0.4, 0.5) is 10.1 Å². The Balaban J connectivity index is 2.05. The molecule has 0 radical (unpaired) electrons. The number of hydrogen-bond donors (Lipinski definition) is 3. The summed E-state index contributed by atoms with van der Waals surface area (Å²) in [5.74, 6) is -1.29. The van der Waals surface area contributed by atoms with Gasteiger partial charge < -0.3 is 10.6 Å². The average Bonchev–Trinajstić information content (AvgIpc) is 2.62. The van der Waals surface area contributed by atoms with E-state index in [1.165, 1.54) is 24.3 Å². The van der Waals surface area contributed by atoms with Crippen molar-refractivity contribution in [2.45, 2.75) is 24.8 Å². The predicted molar refractivity (Wildman–Crippen MR) is 99.3 cm³/mol. The minimum Gasteiger partial charge on any atom is -0.355 e. The third kappa shape index (κ3) is 5.52. The van der Waals surface area contributed by atoms with E-state index in [0.29, 0.717) is 6.54 Å². The second-order valence-electron chi connectivity index (χ2n) is 5.73. The van der Waals surface area contributed by atoms with Gasteiger partial charge in [0.15, 0.2) is 0 Å². The number of carbonyl (C=O) groups excluding carboxylic acids is 2. The van der Waals surface area contributed by atoms with Gasteiger partial charge in [-0.2, -0.15) is 0 Å². The smallest absolute Gasteiger partial charge is 0.261 e. The number of anilines is 1. The zero-order valence-electron chi connectivity index (χ0n) is 14.8. The number of nitrogens with one attached hydrogen (secondary N) is 3. The van der Waals surface area contributed by atoms with Gasteiger partial charge in [-0.1, -0.05) is 0 Å². The molecule has 0 saturated heterocycles. The van der Waals surface area contributed by atoms with Crippen molar-refractivity contribution < 1.29 is 22.4 Å². The molecular formula is C18H20FN3O4S. The lowest BCUT2D eigenvalue weighted by Gasteiger charge is -2.13. The molecule has 3 N–H and O–H groups in total. The van der Waals surface area contributed by atoms with Crippen LogP contribution < -0.4 is 15.4 Å². The maximum atomic E-state index is 12.9. The van der Waals surface area contributed by atoms with Crippen LogP contribution in [0.15, 0.2) is 53.4 Å². The van der Waals surface area contributed by atoms with Crippen molar-refractivity contribution in [2.75, 3.05) is 11.3 Å². The fraction of sp³-hybridized carbons (Fsp3) is 0.222. The first-order valence-corrected chi connectivity index (χ1v) is 9.68. The summed E-state index contributed by atoms with van der Waals surface area (Å²) in [5.41, 5.74) is 0.517. The number of halogens is 1. The summed E-state index contributed by atoms with van der Waals surface area (Å²) in [4.78, 5) is 23.7. The second kappa shape index (κ2) is 8.63. The first kappa shape index (κ1) is 20.4. The van der Waals surface area contributed by atoms with Crippen LogP contribution in [0.2, 0.25) is 0 Å². The molecule has 7 nitrogen and oxygen atoms in total. The fourth-order valence-corrected chi connectivity index (χ4v) is 3.25. The zero-order chi connectivity index (χ0) is 20.0. The van der Waals surface area contributed by atoms with Crippen LogP contribution >= 0.6 is 0 Å². The maximum Gasteiger partial charge on any atom is 0.261 e. The monoisotopic (exact) mass is 393 g/mol. The molecule has 0 aliphatic heterocycles. The van der Waals surface area contributed by atoms with E-state index in [2.05, 4.69) is 15.4 Å². The van der Waals surface area contributed by atoms with Gasteiger partial charge in [0.25, 0.3) is 15.9 Å². The number of carbonyl (C=O) groups is 2. The van der Waals surface area contributed by atoms with Crippen LogP contribution in [0.3, 0.4) is 0 Å². The van der Waals surface area contributed by atoms with Gasteiger partial charge in [-0.25, -0.2) is 12.8 Å². The Labute approximate surface area is 157 Å². The zero-order valence-corrected chi connectivity index (χ0v) is 15.6. The molecule has 0 spiro atoms. The SMILES string of the molecule is CCNC(=O)[C@@H](C)NC(=O)c1ccc(NS(=O)(=O)c2ccc(F)cc2)cc1. The van der Waals surface area contributed by atoms with Crippen LogP contribution in [0.1, 0.15) is 24.2 Å². The Bertz CT molecular complexity index is 913. The Morgan fingerprint density at radius 3 is 2.19 bits per heavy atom. The number of sulfonamides is 1. The molecule has 0 unspecified atom stereocenters. The molecule has 2 amide bonds. The van der Waals surface area contributed by atoms with Gasteiger partial charge in [0.1, 0.15) is 11.9 Å². The number of amides is 2. The van der Waals surface area contributed by atoms with E-state index in [9.17, 15) is 22.4 Å². The van der Waals surface area contributed by atoms with Crippen LogP contribution in [0.5, 0.6) is 0 Å². The minimum atomic E-state index is -3.87. The Morgan fingerprint density at radius 2 is 1.63 bits per heavy atom. The summed E-state index contributed by atoms with van der Waals surface area (Å²) >= 11 is 0. The highest BCUT2D eigenvalue weighted by Crippen LogP contribution is 2.17. The lowest BCUT2D eigenvalue weighted by atomic mass is 10.2. The van der Waals surface area contributed by atoms with Crippen molar-refractivity contribution in [3.63, 3.8) is 0 Å². The quantitative estimate of drug-likeness (QED) is 0.668. The summed E-state index contributed by atoms with van der Waals surface area (Å²) < 4.78 is 39.8. The molecule has 0 saturated carbocycles. The predicted octanol–water partition coefficient (Wildman–Crippen LogP) is 1.88. The molecule has 0 aromatic heterocycles. The largest absolute Gasteiger partial charge is 0.355 e. The topological polar surface area (TPSA) is 104 Å². The van der Waals surface area contributed by atoms with Crippen LogP contribution in [-0.2, 0) is 14.8 Å². The van der Waals surface area contributed by atoms with Crippen LogP contribution in [0.25, 0.3) is 0 Å². The second-order valence-corrected chi connectivity index (χ2v) is 7.41. The van der Waals surface area contributed by atoms with Gasteiger partial charge in [0, 0.05) is 17.8 Å². The van der Waals surface area contributed by atoms with Crippen molar-refractivity contribution in [3.05, 3.63) is 59.9 Å². The molecule has 144 valence electrons. The molecule has 0 fully saturated rings. The molecule has 2 rings (SSSR count). The minimum absolute atomic E-state index is 0.0820. The van der Waals surface area contributed by atoms with Crippen molar-refractivity contribution in [1.82, 2.24) is 10.6 Å². The normalized spacial score (nSPS) is 12.1. The number of hydrogen-bond acceptors (Lipinski definition) is 4. The summed E-state index contributed by atoms with van der Waals surface area (Å²) in [6.07, 6.45) is 0. The van der Waals surface area contributed by atoms with Crippen molar-refractivity contribution in [3.8, 4) is 0 Å². The molecule has 27 heavy (non-hydrogen) atoms. The number of likely N-dealkylation sites (N-methyl/N-ethyl adjacent to an activating group) is 1. The van der Waals surface area contributed by atoms with E-state index in [4.69, 9.17) is 0 Å². The molecule has 2 aromatic carbocycles. The average molecular weight is 393 g/mol. The summed E-state index contributed by atoms with van der Waals surface area (Å²) in [6.45, 7) is 3.80. The Morgan fingerprint density at radius 1 is 1.04 bits per heavy atom. The lowest BCUT2D eigenvalue weighted by Crippen LogP contribution is -2.44. The van der Waals surface area contributed by atoms with E-state index in [-0.39, 0.29) is 22.1 Å². The van der Waals surface area contributed by atoms with Crippen molar-refractivity contribution in [1.29, 1.82) is 0 Å². The summed E-state index contributed by atoms with van der Waals surface area (Å²) in [6, 6.07) is 9.43. The van der Waals surface area contributed by atoms with E-state index in [1.807, 2.05) is 0 Å². The van der Waals surface area contributed by atoms with E-state index >= 15 is 0 Å². The molecule has 2 aromatic rings. The molecule has 0 aliphatic carbocycles. The number of benzene rings is 2.